The van der Waals surface area contributed by atoms with E-state index in [2.05, 4.69) is 39.4 Å². The Balaban J connectivity index is 1.97. The average Bonchev–Trinajstić information content (AvgIpc) is 2.94. The predicted molar refractivity (Wildman–Crippen MR) is 90.5 cm³/mol. The van der Waals surface area contributed by atoms with Gasteiger partial charge in [-0.05, 0) is 45.6 Å². The van der Waals surface area contributed by atoms with Gasteiger partial charge in [0.2, 0.25) is 0 Å². The average molecular weight is 306 g/mol. The van der Waals surface area contributed by atoms with Gasteiger partial charge in [0.05, 0.1) is 16.7 Å². The van der Waals surface area contributed by atoms with Crippen LogP contribution in [0.15, 0.2) is 36.7 Å². The smallest absolute Gasteiger partial charge is 0.196 e. The quantitative estimate of drug-likeness (QED) is 0.579. The number of para-hydroxylation sites is 2. The van der Waals surface area contributed by atoms with E-state index in [-0.39, 0.29) is 0 Å². The Bertz CT molecular complexity index is 988. The summed E-state index contributed by atoms with van der Waals surface area (Å²) in [7, 11) is 4.16. The normalized spacial score (nSPS) is 12.0. The van der Waals surface area contributed by atoms with E-state index in [4.69, 9.17) is 9.97 Å². The van der Waals surface area contributed by atoms with Gasteiger partial charge in [0.15, 0.2) is 16.9 Å². The number of benzene rings is 1. The first-order chi connectivity index (χ1) is 11.2. The van der Waals surface area contributed by atoms with Crippen molar-refractivity contribution in [2.45, 2.75) is 12.8 Å². The van der Waals surface area contributed by atoms with Crippen molar-refractivity contribution >= 4 is 28.0 Å². The van der Waals surface area contributed by atoms with E-state index >= 15 is 0 Å². The summed E-state index contributed by atoms with van der Waals surface area (Å²) in [6.45, 7) is 1.02. The molecule has 0 saturated heterocycles. The lowest BCUT2D eigenvalue weighted by Crippen LogP contribution is -2.14. The first kappa shape index (κ1) is 14.0. The molecule has 0 saturated carbocycles. The molecule has 0 bridgehead atoms. The number of imidazole rings is 1. The van der Waals surface area contributed by atoms with Gasteiger partial charge in [-0.15, -0.1) is 0 Å². The molecule has 116 valence electrons. The van der Waals surface area contributed by atoms with Crippen molar-refractivity contribution in [3.63, 3.8) is 0 Å². The summed E-state index contributed by atoms with van der Waals surface area (Å²) in [6, 6.07) is 8.10. The van der Waals surface area contributed by atoms with Gasteiger partial charge in [0.25, 0.3) is 0 Å². The lowest BCUT2D eigenvalue weighted by Gasteiger charge is -2.10. The molecule has 0 aliphatic carbocycles. The fourth-order valence-electron chi connectivity index (χ4n) is 2.90. The Morgan fingerprint density at radius 3 is 2.70 bits per heavy atom. The third-order valence-electron chi connectivity index (χ3n) is 3.95. The van der Waals surface area contributed by atoms with Gasteiger partial charge in [-0.1, -0.05) is 12.1 Å². The van der Waals surface area contributed by atoms with Gasteiger partial charge >= 0.3 is 0 Å². The molecule has 0 radical (unpaired) electrons. The van der Waals surface area contributed by atoms with Gasteiger partial charge in [-0.2, -0.15) is 0 Å². The maximum Gasteiger partial charge on any atom is 0.196 e. The SMILES string of the molecule is CN(C)CCCc1nc2nccnc2n2c1nc1ccccc12. The zero-order chi connectivity index (χ0) is 15.8. The Hall–Kier alpha value is -2.60. The van der Waals surface area contributed by atoms with E-state index in [1.807, 2.05) is 18.2 Å². The number of aromatic nitrogens is 5. The molecular formula is C17H18N6. The fraction of sp³-hybridized carbons (Fsp3) is 0.294. The first-order valence-electron chi connectivity index (χ1n) is 7.75. The van der Waals surface area contributed by atoms with Gasteiger partial charge < -0.3 is 4.90 Å². The van der Waals surface area contributed by atoms with Gasteiger partial charge in [-0.25, -0.2) is 19.9 Å². The highest BCUT2D eigenvalue weighted by Crippen LogP contribution is 2.22. The lowest BCUT2D eigenvalue weighted by molar-refractivity contribution is 0.400. The lowest BCUT2D eigenvalue weighted by atomic mass is 10.2. The Kier molecular flexibility index (Phi) is 3.38. The molecule has 4 rings (SSSR count). The van der Waals surface area contributed by atoms with Crippen LogP contribution in [0.3, 0.4) is 0 Å². The second-order valence-corrected chi connectivity index (χ2v) is 5.93. The third-order valence-corrected chi connectivity index (χ3v) is 3.95. The highest BCUT2D eigenvalue weighted by molar-refractivity contribution is 5.86. The van der Waals surface area contributed by atoms with Crippen LogP contribution in [0.5, 0.6) is 0 Å². The number of nitrogens with zero attached hydrogens (tertiary/aromatic N) is 6. The van der Waals surface area contributed by atoms with E-state index in [1.165, 1.54) is 0 Å². The summed E-state index contributed by atoms with van der Waals surface area (Å²) >= 11 is 0. The molecular weight excluding hydrogens is 288 g/mol. The van der Waals surface area contributed by atoms with Crippen LogP contribution in [0.25, 0.3) is 28.0 Å². The van der Waals surface area contributed by atoms with Crippen molar-refractivity contribution in [3.8, 4) is 0 Å². The number of aryl methyl sites for hydroxylation is 1. The molecule has 0 aliphatic heterocycles. The molecule has 0 fully saturated rings. The summed E-state index contributed by atoms with van der Waals surface area (Å²) in [5.41, 5.74) is 5.30. The largest absolute Gasteiger partial charge is 0.309 e. The minimum absolute atomic E-state index is 0.669. The summed E-state index contributed by atoms with van der Waals surface area (Å²) in [4.78, 5) is 20.5. The van der Waals surface area contributed by atoms with E-state index in [0.29, 0.717) is 5.65 Å². The molecule has 0 atom stereocenters. The molecule has 23 heavy (non-hydrogen) atoms. The Morgan fingerprint density at radius 2 is 1.83 bits per heavy atom. The molecule has 1 aromatic carbocycles. The van der Waals surface area contributed by atoms with Crippen LogP contribution >= 0.6 is 0 Å². The highest BCUT2D eigenvalue weighted by atomic mass is 15.1. The monoisotopic (exact) mass is 306 g/mol. The second-order valence-electron chi connectivity index (χ2n) is 5.93. The molecule has 3 aromatic heterocycles. The van der Waals surface area contributed by atoms with Crippen LogP contribution in [-0.2, 0) is 6.42 Å². The van der Waals surface area contributed by atoms with E-state index in [9.17, 15) is 0 Å². The molecule has 6 nitrogen and oxygen atoms in total. The van der Waals surface area contributed by atoms with Gasteiger partial charge in [0, 0.05) is 12.4 Å². The van der Waals surface area contributed by atoms with E-state index < -0.39 is 0 Å². The summed E-state index contributed by atoms with van der Waals surface area (Å²) in [6.07, 6.45) is 5.29. The number of fused-ring (bicyclic) bond motifs is 5. The van der Waals surface area contributed by atoms with Gasteiger partial charge in [0.1, 0.15) is 0 Å². The number of hydrogen-bond acceptors (Lipinski definition) is 5. The molecule has 3 heterocycles. The maximum absolute atomic E-state index is 4.78. The highest BCUT2D eigenvalue weighted by Gasteiger charge is 2.14. The summed E-state index contributed by atoms with van der Waals surface area (Å²) in [5, 5.41) is 0. The molecule has 6 heteroatoms. The van der Waals surface area contributed by atoms with Crippen molar-refractivity contribution in [2.24, 2.45) is 0 Å². The minimum Gasteiger partial charge on any atom is -0.309 e. The predicted octanol–water partition coefficient (Wildman–Crippen LogP) is 2.32. The Labute approximate surface area is 133 Å². The molecule has 0 amide bonds. The topological polar surface area (TPSA) is 59.2 Å². The first-order valence-corrected chi connectivity index (χ1v) is 7.75. The standard InChI is InChI=1S/C17H18N6/c1-22(2)11-5-7-13-16-21-12-6-3-4-8-14(12)23(16)17-15(20-13)18-9-10-19-17/h3-4,6,8-10H,5,7,11H2,1-2H3. The molecule has 4 aromatic rings. The summed E-state index contributed by atoms with van der Waals surface area (Å²) in [5.74, 6) is 0. The minimum atomic E-state index is 0.669. The number of rotatable bonds is 4. The second kappa shape index (κ2) is 5.55. The van der Waals surface area contributed by atoms with Crippen molar-refractivity contribution in [1.29, 1.82) is 0 Å². The molecule has 0 aliphatic rings. The zero-order valence-electron chi connectivity index (χ0n) is 13.3. The van der Waals surface area contributed by atoms with Gasteiger partial charge in [-0.3, -0.25) is 4.40 Å². The third kappa shape index (κ3) is 2.41. The van der Waals surface area contributed by atoms with Crippen LogP contribution in [0, 0.1) is 0 Å². The van der Waals surface area contributed by atoms with Crippen LogP contribution in [-0.4, -0.2) is 49.9 Å². The van der Waals surface area contributed by atoms with Crippen molar-refractivity contribution in [2.75, 3.05) is 20.6 Å². The van der Waals surface area contributed by atoms with E-state index in [0.717, 1.165) is 47.4 Å². The fourth-order valence-corrected chi connectivity index (χ4v) is 2.90. The zero-order valence-corrected chi connectivity index (χ0v) is 13.3. The van der Waals surface area contributed by atoms with Crippen LogP contribution < -0.4 is 0 Å². The summed E-state index contributed by atoms with van der Waals surface area (Å²) < 4.78 is 2.08. The van der Waals surface area contributed by atoms with Crippen molar-refractivity contribution in [3.05, 3.63) is 42.4 Å². The maximum atomic E-state index is 4.78. The van der Waals surface area contributed by atoms with Crippen LogP contribution in [0.4, 0.5) is 0 Å². The molecule has 0 N–H and O–H groups in total. The molecule has 0 unspecified atom stereocenters. The van der Waals surface area contributed by atoms with Crippen LogP contribution in [0.1, 0.15) is 12.1 Å². The Morgan fingerprint density at radius 1 is 1.00 bits per heavy atom. The number of hydrogen-bond donors (Lipinski definition) is 0. The van der Waals surface area contributed by atoms with E-state index in [1.54, 1.807) is 12.4 Å². The van der Waals surface area contributed by atoms with Crippen LogP contribution in [0.2, 0.25) is 0 Å². The molecule has 0 spiro atoms. The van der Waals surface area contributed by atoms with Crippen molar-refractivity contribution < 1.29 is 0 Å². The van der Waals surface area contributed by atoms with Crippen molar-refractivity contribution in [1.82, 2.24) is 29.2 Å².